The fourth-order valence-electron chi connectivity index (χ4n) is 2.26. The number of carbonyl (C=O) groups is 2. The second-order valence-electron chi connectivity index (χ2n) is 4.73. The molecule has 1 aromatic heterocycles. The SMILES string of the molecule is CCCc1nc2ccc(C(=O)O)cc2n1CCNC(N)=O. The van der Waals surface area contributed by atoms with Crippen molar-refractivity contribution in [3.63, 3.8) is 0 Å². The highest BCUT2D eigenvalue weighted by Gasteiger charge is 2.12. The Bertz CT molecular complexity index is 678. The third-order valence-corrected chi connectivity index (χ3v) is 3.18. The molecule has 1 heterocycles. The first-order chi connectivity index (χ1) is 10.0. The minimum absolute atomic E-state index is 0.217. The van der Waals surface area contributed by atoms with Gasteiger partial charge in [0.05, 0.1) is 16.6 Å². The minimum atomic E-state index is -0.975. The van der Waals surface area contributed by atoms with Crippen LogP contribution in [-0.4, -0.2) is 33.2 Å². The van der Waals surface area contributed by atoms with Gasteiger partial charge in [-0.15, -0.1) is 0 Å². The number of amides is 2. The third kappa shape index (κ3) is 3.31. The lowest BCUT2D eigenvalue weighted by atomic mass is 10.2. The molecule has 0 fully saturated rings. The monoisotopic (exact) mass is 290 g/mol. The van der Waals surface area contributed by atoms with E-state index in [0.717, 1.165) is 29.7 Å². The van der Waals surface area contributed by atoms with E-state index in [1.54, 1.807) is 18.2 Å². The molecule has 0 bridgehead atoms. The topological polar surface area (TPSA) is 110 Å². The average molecular weight is 290 g/mol. The zero-order valence-corrected chi connectivity index (χ0v) is 11.8. The number of nitrogens with two attached hydrogens (primary N) is 1. The Kier molecular flexibility index (Phi) is 4.42. The van der Waals surface area contributed by atoms with Crippen LogP contribution >= 0.6 is 0 Å². The number of rotatable bonds is 6. The molecule has 0 saturated heterocycles. The summed E-state index contributed by atoms with van der Waals surface area (Å²) in [6, 6.07) is 4.27. The van der Waals surface area contributed by atoms with E-state index in [9.17, 15) is 9.59 Å². The molecule has 2 amide bonds. The van der Waals surface area contributed by atoms with Crippen molar-refractivity contribution in [3.8, 4) is 0 Å². The zero-order chi connectivity index (χ0) is 15.4. The van der Waals surface area contributed by atoms with Crippen molar-refractivity contribution in [2.45, 2.75) is 26.3 Å². The first-order valence-corrected chi connectivity index (χ1v) is 6.78. The van der Waals surface area contributed by atoms with E-state index >= 15 is 0 Å². The van der Waals surface area contributed by atoms with Crippen LogP contribution in [0.15, 0.2) is 18.2 Å². The summed E-state index contributed by atoms with van der Waals surface area (Å²) >= 11 is 0. The summed E-state index contributed by atoms with van der Waals surface area (Å²) in [5.41, 5.74) is 6.78. The normalized spacial score (nSPS) is 10.7. The Morgan fingerprint density at radius 3 is 2.81 bits per heavy atom. The zero-order valence-electron chi connectivity index (χ0n) is 11.8. The molecule has 0 spiro atoms. The van der Waals surface area contributed by atoms with Gasteiger partial charge in [0.25, 0.3) is 0 Å². The summed E-state index contributed by atoms with van der Waals surface area (Å²) in [5, 5.41) is 11.6. The molecule has 2 rings (SSSR count). The summed E-state index contributed by atoms with van der Waals surface area (Å²) < 4.78 is 1.93. The largest absolute Gasteiger partial charge is 0.478 e. The van der Waals surface area contributed by atoms with Crippen LogP contribution < -0.4 is 11.1 Å². The van der Waals surface area contributed by atoms with Gasteiger partial charge in [-0.25, -0.2) is 14.6 Å². The summed E-state index contributed by atoms with van der Waals surface area (Å²) in [5.74, 6) is -0.0988. The number of aromatic nitrogens is 2. The number of hydrogen-bond acceptors (Lipinski definition) is 3. The maximum atomic E-state index is 11.1. The predicted molar refractivity (Wildman–Crippen MR) is 78.3 cm³/mol. The molecule has 7 nitrogen and oxygen atoms in total. The Morgan fingerprint density at radius 1 is 1.43 bits per heavy atom. The lowest BCUT2D eigenvalue weighted by Crippen LogP contribution is -2.32. The lowest BCUT2D eigenvalue weighted by Gasteiger charge is -2.09. The second kappa shape index (κ2) is 6.25. The van der Waals surface area contributed by atoms with Gasteiger partial charge < -0.3 is 20.7 Å². The van der Waals surface area contributed by atoms with Crippen LogP contribution in [0, 0.1) is 0 Å². The number of imidazole rings is 1. The number of hydrogen-bond donors (Lipinski definition) is 3. The fourth-order valence-corrected chi connectivity index (χ4v) is 2.26. The van der Waals surface area contributed by atoms with Crippen LogP contribution in [0.1, 0.15) is 29.5 Å². The molecule has 2 aromatic rings. The Labute approximate surface area is 121 Å². The highest BCUT2D eigenvalue weighted by molar-refractivity contribution is 5.92. The second-order valence-corrected chi connectivity index (χ2v) is 4.73. The number of carbonyl (C=O) groups excluding carboxylic acids is 1. The van der Waals surface area contributed by atoms with Gasteiger partial charge in [0.15, 0.2) is 0 Å². The number of fused-ring (bicyclic) bond motifs is 1. The highest BCUT2D eigenvalue weighted by Crippen LogP contribution is 2.19. The Balaban J connectivity index is 2.40. The van der Waals surface area contributed by atoms with Crippen LogP contribution in [0.4, 0.5) is 4.79 Å². The number of nitrogens with one attached hydrogen (secondary N) is 1. The number of urea groups is 1. The molecular formula is C14H18N4O3. The molecule has 0 saturated carbocycles. The summed E-state index contributed by atoms with van der Waals surface area (Å²) in [4.78, 5) is 26.4. The highest BCUT2D eigenvalue weighted by atomic mass is 16.4. The van der Waals surface area contributed by atoms with Gasteiger partial charge in [-0.2, -0.15) is 0 Å². The summed E-state index contributed by atoms with van der Waals surface area (Å²) in [7, 11) is 0. The molecule has 0 aliphatic rings. The van der Waals surface area contributed by atoms with Crippen molar-refractivity contribution >= 4 is 23.0 Å². The van der Waals surface area contributed by atoms with Crippen LogP contribution in [0.2, 0.25) is 0 Å². The molecule has 4 N–H and O–H groups in total. The van der Waals surface area contributed by atoms with Gasteiger partial charge in [0.2, 0.25) is 0 Å². The maximum Gasteiger partial charge on any atom is 0.335 e. The van der Waals surface area contributed by atoms with E-state index in [1.165, 1.54) is 0 Å². The maximum absolute atomic E-state index is 11.1. The van der Waals surface area contributed by atoms with Crippen molar-refractivity contribution < 1.29 is 14.7 Å². The molecule has 0 radical (unpaired) electrons. The van der Waals surface area contributed by atoms with Gasteiger partial charge in [0, 0.05) is 19.5 Å². The summed E-state index contributed by atoms with van der Waals surface area (Å²) in [6.45, 7) is 2.92. The Morgan fingerprint density at radius 2 is 2.19 bits per heavy atom. The van der Waals surface area contributed by atoms with E-state index in [1.807, 2.05) is 11.5 Å². The van der Waals surface area contributed by atoms with Gasteiger partial charge in [-0.3, -0.25) is 0 Å². The number of primary amides is 1. The van der Waals surface area contributed by atoms with Gasteiger partial charge >= 0.3 is 12.0 Å². The van der Waals surface area contributed by atoms with Crippen molar-refractivity contribution in [1.82, 2.24) is 14.9 Å². The molecule has 0 aliphatic heterocycles. The first kappa shape index (κ1) is 14.8. The third-order valence-electron chi connectivity index (χ3n) is 3.18. The molecule has 0 atom stereocenters. The van der Waals surface area contributed by atoms with Crippen molar-refractivity contribution in [2.24, 2.45) is 5.73 Å². The number of aryl methyl sites for hydroxylation is 1. The van der Waals surface area contributed by atoms with Crippen LogP contribution in [0.3, 0.4) is 0 Å². The number of benzene rings is 1. The summed E-state index contributed by atoms with van der Waals surface area (Å²) in [6.07, 6.45) is 1.71. The minimum Gasteiger partial charge on any atom is -0.478 e. The Hall–Kier alpha value is -2.57. The number of carboxylic acid groups (broad SMARTS) is 1. The molecule has 7 heteroatoms. The van der Waals surface area contributed by atoms with Gasteiger partial charge in [0.1, 0.15) is 5.82 Å². The van der Waals surface area contributed by atoms with Crippen molar-refractivity contribution in [1.29, 1.82) is 0 Å². The van der Waals surface area contributed by atoms with E-state index in [0.29, 0.717) is 13.1 Å². The van der Waals surface area contributed by atoms with E-state index in [-0.39, 0.29) is 5.56 Å². The number of aromatic carboxylic acids is 1. The fraction of sp³-hybridized carbons (Fsp3) is 0.357. The standard InChI is InChI=1S/C14H18N4O3/c1-2-3-12-17-10-5-4-9(13(19)20)8-11(10)18(12)7-6-16-14(15)21/h4-5,8H,2-3,6-7H2,1H3,(H,19,20)(H3,15,16,21). The van der Waals surface area contributed by atoms with Crippen LogP contribution in [0.25, 0.3) is 11.0 Å². The first-order valence-electron chi connectivity index (χ1n) is 6.78. The molecule has 112 valence electrons. The quantitative estimate of drug-likeness (QED) is 0.745. The van der Waals surface area contributed by atoms with Crippen LogP contribution in [0.5, 0.6) is 0 Å². The molecule has 21 heavy (non-hydrogen) atoms. The average Bonchev–Trinajstić information content (AvgIpc) is 2.76. The number of carboxylic acids is 1. The smallest absolute Gasteiger partial charge is 0.335 e. The van der Waals surface area contributed by atoms with Gasteiger partial charge in [-0.05, 0) is 24.6 Å². The van der Waals surface area contributed by atoms with Crippen LogP contribution in [-0.2, 0) is 13.0 Å². The van der Waals surface area contributed by atoms with E-state index in [2.05, 4.69) is 10.3 Å². The predicted octanol–water partition coefficient (Wildman–Crippen LogP) is 1.36. The van der Waals surface area contributed by atoms with E-state index < -0.39 is 12.0 Å². The number of nitrogens with zero attached hydrogens (tertiary/aromatic N) is 2. The molecule has 0 aliphatic carbocycles. The molecular weight excluding hydrogens is 272 g/mol. The van der Waals surface area contributed by atoms with E-state index in [4.69, 9.17) is 10.8 Å². The van der Waals surface area contributed by atoms with Crippen molar-refractivity contribution in [2.75, 3.05) is 6.54 Å². The lowest BCUT2D eigenvalue weighted by molar-refractivity contribution is 0.0697. The molecule has 1 aromatic carbocycles. The molecule has 0 unspecified atom stereocenters. The van der Waals surface area contributed by atoms with Crippen molar-refractivity contribution in [3.05, 3.63) is 29.6 Å². The van der Waals surface area contributed by atoms with Gasteiger partial charge in [-0.1, -0.05) is 6.92 Å².